The van der Waals surface area contributed by atoms with Crippen LogP contribution in [-0.2, 0) is 16.0 Å². The van der Waals surface area contributed by atoms with E-state index in [2.05, 4.69) is 0 Å². The standard InChI is InChI=1S/C24H19Cl3F9NO3S/c1-2-14(10-41(39,40)11-22(28,29)30)37-21(38)15-5-3-12(7-17(15)24(34,35)36)4-6-16(23(31,32)33)13-8-18(25)20(27)19(26)9-13/h3-9,14,16H,2,10-11H2,1H3,(H,37,38)/b6-4+/t14-,16?/m1/s1. The Balaban J connectivity index is 2.42. The van der Waals surface area contributed by atoms with E-state index >= 15 is 0 Å². The SMILES string of the molecule is CC[C@H](CS(=O)(=O)CC(F)(F)F)NC(=O)c1ccc(/C=C/C(c2cc(Cl)c(Cl)c(Cl)c2)C(F)(F)F)cc1C(F)(F)F. The van der Waals surface area contributed by atoms with E-state index in [1.54, 1.807) is 0 Å². The highest BCUT2D eigenvalue weighted by molar-refractivity contribution is 7.91. The van der Waals surface area contributed by atoms with Gasteiger partial charge in [-0.2, -0.15) is 39.5 Å². The molecule has 0 bridgehead atoms. The summed E-state index contributed by atoms with van der Waals surface area (Å²) >= 11 is 17.4. The van der Waals surface area contributed by atoms with Crippen molar-refractivity contribution in [1.29, 1.82) is 0 Å². The monoisotopic (exact) mass is 677 g/mol. The largest absolute Gasteiger partial charge is 0.417 e. The molecule has 2 atom stereocenters. The molecule has 2 aromatic carbocycles. The van der Waals surface area contributed by atoms with Crippen LogP contribution >= 0.6 is 34.8 Å². The van der Waals surface area contributed by atoms with Gasteiger partial charge in [0.1, 0.15) is 5.75 Å². The number of carbonyl (C=O) groups is 1. The van der Waals surface area contributed by atoms with E-state index in [-0.39, 0.29) is 21.5 Å². The Hall–Kier alpha value is -2.16. The number of halogens is 12. The minimum absolute atomic E-state index is 0.200. The number of allylic oxidation sites excluding steroid dienone is 1. The third-order valence-corrected chi connectivity index (χ3v) is 8.33. The molecule has 17 heteroatoms. The molecule has 2 rings (SSSR count). The second kappa shape index (κ2) is 13.0. The topological polar surface area (TPSA) is 63.2 Å². The molecule has 1 amide bonds. The lowest BCUT2D eigenvalue weighted by Crippen LogP contribution is -2.41. The van der Waals surface area contributed by atoms with Crippen LogP contribution in [0.1, 0.15) is 46.3 Å². The van der Waals surface area contributed by atoms with Crippen LogP contribution in [0, 0.1) is 0 Å². The Bertz CT molecular complexity index is 1380. The molecule has 4 nitrogen and oxygen atoms in total. The number of sulfone groups is 1. The minimum Gasteiger partial charge on any atom is -0.348 e. The van der Waals surface area contributed by atoms with Gasteiger partial charge in [0.25, 0.3) is 5.91 Å². The quantitative estimate of drug-likeness (QED) is 0.214. The first-order valence-electron chi connectivity index (χ1n) is 11.2. The smallest absolute Gasteiger partial charge is 0.348 e. The minimum atomic E-state index is -5.19. The number of amides is 1. The van der Waals surface area contributed by atoms with Crippen LogP contribution in [0.2, 0.25) is 15.1 Å². The van der Waals surface area contributed by atoms with Crippen LogP contribution < -0.4 is 5.32 Å². The van der Waals surface area contributed by atoms with Gasteiger partial charge in [-0.25, -0.2) is 8.42 Å². The molecule has 0 fully saturated rings. The first-order valence-corrected chi connectivity index (χ1v) is 14.2. The maximum absolute atomic E-state index is 13.8. The summed E-state index contributed by atoms with van der Waals surface area (Å²) in [4.78, 5) is 12.6. The summed E-state index contributed by atoms with van der Waals surface area (Å²) in [5, 5.41) is 1.20. The summed E-state index contributed by atoms with van der Waals surface area (Å²) in [6.07, 6.45) is -14.1. The highest BCUT2D eigenvalue weighted by Crippen LogP contribution is 2.41. The van der Waals surface area contributed by atoms with Crippen LogP contribution in [0.3, 0.4) is 0 Å². The second-order valence-corrected chi connectivity index (χ2v) is 12.0. The Kier molecular flexibility index (Phi) is 11.1. The fourth-order valence-corrected chi connectivity index (χ4v) is 5.77. The molecule has 1 N–H and O–H groups in total. The zero-order valence-corrected chi connectivity index (χ0v) is 23.6. The molecule has 228 valence electrons. The van der Waals surface area contributed by atoms with Gasteiger partial charge in [0.2, 0.25) is 0 Å². The number of hydrogen-bond donors (Lipinski definition) is 1. The molecule has 0 aliphatic heterocycles. The lowest BCUT2D eigenvalue weighted by molar-refractivity contribution is -0.139. The third kappa shape index (κ3) is 10.3. The van der Waals surface area contributed by atoms with E-state index < -0.39 is 80.0 Å². The molecule has 0 aliphatic rings. The van der Waals surface area contributed by atoms with E-state index in [0.717, 1.165) is 24.3 Å². The molecule has 0 aromatic heterocycles. The van der Waals surface area contributed by atoms with E-state index in [4.69, 9.17) is 34.8 Å². The Morgan fingerprint density at radius 3 is 1.98 bits per heavy atom. The lowest BCUT2D eigenvalue weighted by Gasteiger charge is -2.20. The second-order valence-electron chi connectivity index (χ2n) is 8.73. The normalized spacial score (nSPS) is 14.8. The Labute approximate surface area is 243 Å². The van der Waals surface area contributed by atoms with Crippen molar-refractivity contribution in [1.82, 2.24) is 5.32 Å². The average molecular weight is 679 g/mol. The summed E-state index contributed by atoms with van der Waals surface area (Å²) in [6, 6.07) is 2.27. The van der Waals surface area contributed by atoms with Crippen molar-refractivity contribution in [3.8, 4) is 0 Å². The van der Waals surface area contributed by atoms with Gasteiger partial charge in [0.05, 0.1) is 37.9 Å². The maximum Gasteiger partial charge on any atom is 0.417 e. The van der Waals surface area contributed by atoms with Crippen molar-refractivity contribution < 1.29 is 52.7 Å². The van der Waals surface area contributed by atoms with E-state index in [1.807, 2.05) is 5.32 Å². The summed E-state index contributed by atoms with van der Waals surface area (Å²) in [5.74, 6) is -7.18. The van der Waals surface area contributed by atoms with Gasteiger partial charge in [-0.05, 0) is 41.8 Å². The van der Waals surface area contributed by atoms with Crippen molar-refractivity contribution in [2.45, 2.75) is 43.8 Å². The van der Waals surface area contributed by atoms with E-state index in [0.29, 0.717) is 18.2 Å². The number of nitrogens with one attached hydrogen (secondary N) is 1. The molecular weight excluding hydrogens is 660 g/mol. The van der Waals surface area contributed by atoms with Crippen molar-refractivity contribution in [2.24, 2.45) is 0 Å². The molecule has 0 aliphatic carbocycles. The lowest BCUT2D eigenvalue weighted by atomic mass is 9.96. The van der Waals surface area contributed by atoms with Crippen molar-refractivity contribution in [3.63, 3.8) is 0 Å². The van der Waals surface area contributed by atoms with E-state index in [9.17, 15) is 52.7 Å². The number of benzene rings is 2. The van der Waals surface area contributed by atoms with Gasteiger partial charge in [0, 0.05) is 6.04 Å². The first kappa shape index (κ1) is 35.0. The van der Waals surface area contributed by atoms with Crippen LogP contribution in [0.25, 0.3) is 6.08 Å². The van der Waals surface area contributed by atoms with E-state index in [1.165, 1.54) is 6.92 Å². The van der Waals surface area contributed by atoms with Crippen LogP contribution in [0.5, 0.6) is 0 Å². The molecule has 1 unspecified atom stereocenters. The zero-order chi connectivity index (χ0) is 31.6. The summed E-state index contributed by atoms with van der Waals surface area (Å²) in [6.45, 7) is 1.30. The predicted molar refractivity (Wildman–Crippen MR) is 137 cm³/mol. The maximum atomic E-state index is 13.8. The van der Waals surface area contributed by atoms with Crippen molar-refractivity contribution >= 4 is 56.6 Å². The highest BCUT2D eigenvalue weighted by Gasteiger charge is 2.40. The fraction of sp³-hybridized carbons (Fsp3) is 0.375. The molecule has 0 heterocycles. The van der Waals surface area contributed by atoms with Crippen molar-refractivity contribution in [3.05, 3.63) is 73.7 Å². The summed E-state index contributed by atoms with van der Waals surface area (Å²) in [7, 11) is -4.77. The Morgan fingerprint density at radius 2 is 1.51 bits per heavy atom. The van der Waals surface area contributed by atoms with Gasteiger partial charge < -0.3 is 5.32 Å². The van der Waals surface area contributed by atoms with Gasteiger partial charge in [-0.3, -0.25) is 4.79 Å². The van der Waals surface area contributed by atoms with Crippen LogP contribution in [0.4, 0.5) is 39.5 Å². The van der Waals surface area contributed by atoms with Gasteiger partial charge in [-0.1, -0.05) is 59.9 Å². The molecule has 0 saturated heterocycles. The molecule has 2 aromatic rings. The number of alkyl halides is 9. The van der Waals surface area contributed by atoms with Crippen molar-refractivity contribution in [2.75, 3.05) is 11.5 Å². The summed E-state index contributed by atoms with van der Waals surface area (Å²) < 4.78 is 144. The summed E-state index contributed by atoms with van der Waals surface area (Å²) in [5.41, 5.74) is -3.45. The number of carbonyl (C=O) groups excluding carboxylic acids is 1. The zero-order valence-electron chi connectivity index (χ0n) is 20.5. The van der Waals surface area contributed by atoms with Gasteiger partial charge in [-0.15, -0.1) is 0 Å². The molecule has 0 radical (unpaired) electrons. The number of rotatable bonds is 9. The molecular formula is C24H19Cl3F9NO3S. The van der Waals surface area contributed by atoms with Crippen LogP contribution in [-0.4, -0.2) is 44.2 Å². The van der Waals surface area contributed by atoms with Crippen LogP contribution in [0.15, 0.2) is 36.4 Å². The molecule has 0 saturated carbocycles. The van der Waals surface area contributed by atoms with Gasteiger partial charge >= 0.3 is 18.5 Å². The third-order valence-electron chi connectivity index (χ3n) is 5.46. The number of hydrogen-bond acceptors (Lipinski definition) is 3. The Morgan fingerprint density at radius 1 is 0.951 bits per heavy atom. The average Bonchev–Trinajstić information content (AvgIpc) is 2.78. The molecule has 41 heavy (non-hydrogen) atoms. The fourth-order valence-electron chi connectivity index (χ4n) is 3.61. The first-order chi connectivity index (χ1) is 18.5. The van der Waals surface area contributed by atoms with Gasteiger partial charge in [0.15, 0.2) is 9.84 Å². The molecule has 0 spiro atoms. The highest BCUT2D eigenvalue weighted by atomic mass is 35.5. The predicted octanol–water partition coefficient (Wildman–Crippen LogP) is 8.51.